The standard InChI is InChI=1S/C25H29N5O/c1-18-16-19-6-2-3-7-22(19)27-21(18)8-9-23-28-24(26-20-10-14-31-15-11-20)17-25(29-23)30-12-4-5-13-30/h2-3,6-9,16-17,20H,4-5,10-15H2,1H3,(H,26,28,29). The number of hydrogen-bond acceptors (Lipinski definition) is 6. The third-order valence-electron chi connectivity index (χ3n) is 6.08. The molecule has 0 spiro atoms. The number of anilines is 2. The number of pyridine rings is 1. The van der Waals surface area contributed by atoms with Gasteiger partial charge in [-0.2, -0.15) is 0 Å². The molecule has 2 fully saturated rings. The van der Waals surface area contributed by atoms with Crippen LogP contribution in [0.4, 0.5) is 11.6 Å². The van der Waals surface area contributed by atoms with Crippen LogP contribution < -0.4 is 10.2 Å². The smallest absolute Gasteiger partial charge is 0.156 e. The molecule has 0 amide bonds. The summed E-state index contributed by atoms with van der Waals surface area (Å²) in [6.45, 7) is 5.83. The highest BCUT2D eigenvalue weighted by atomic mass is 16.5. The monoisotopic (exact) mass is 415 g/mol. The summed E-state index contributed by atoms with van der Waals surface area (Å²) in [5, 5.41) is 4.77. The van der Waals surface area contributed by atoms with E-state index in [9.17, 15) is 0 Å². The van der Waals surface area contributed by atoms with Crippen molar-refractivity contribution in [2.24, 2.45) is 0 Å². The van der Waals surface area contributed by atoms with Gasteiger partial charge in [0.15, 0.2) is 5.82 Å². The van der Waals surface area contributed by atoms with Crippen molar-refractivity contribution in [3.05, 3.63) is 53.5 Å². The lowest BCUT2D eigenvalue weighted by molar-refractivity contribution is 0.0904. The molecule has 2 aliphatic rings. The zero-order chi connectivity index (χ0) is 21.0. The molecule has 0 atom stereocenters. The predicted octanol–water partition coefficient (Wildman–Crippen LogP) is 4.69. The first-order chi connectivity index (χ1) is 15.2. The molecule has 31 heavy (non-hydrogen) atoms. The number of aryl methyl sites for hydroxylation is 1. The summed E-state index contributed by atoms with van der Waals surface area (Å²) in [4.78, 5) is 16.8. The summed E-state index contributed by atoms with van der Waals surface area (Å²) in [5.74, 6) is 2.62. The van der Waals surface area contributed by atoms with Gasteiger partial charge in [0, 0.05) is 43.8 Å². The second kappa shape index (κ2) is 9.02. The summed E-state index contributed by atoms with van der Waals surface area (Å²) < 4.78 is 5.50. The van der Waals surface area contributed by atoms with E-state index in [4.69, 9.17) is 19.7 Å². The van der Waals surface area contributed by atoms with E-state index in [-0.39, 0.29) is 0 Å². The molecule has 0 saturated carbocycles. The number of benzene rings is 1. The lowest BCUT2D eigenvalue weighted by Gasteiger charge is -2.24. The van der Waals surface area contributed by atoms with Gasteiger partial charge in [0.1, 0.15) is 11.6 Å². The normalized spacial score (nSPS) is 17.6. The van der Waals surface area contributed by atoms with E-state index in [1.165, 1.54) is 12.8 Å². The second-order valence-electron chi connectivity index (χ2n) is 8.41. The number of aromatic nitrogens is 3. The number of nitrogens with zero attached hydrogens (tertiary/aromatic N) is 4. The number of nitrogens with one attached hydrogen (secondary N) is 1. The van der Waals surface area contributed by atoms with Crippen molar-refractivity contribution in [3.8, 4) is 0 Å². The van der Waals surface area contributed by atoms with Crippen LogP contribution in [0.3, 0.4) is 0 Å². The minimum atomic E-state index is 0.399. The van der Waals surface area contributed by atoms with Gasteiger partial charge in [-0.25, -0.2) is 15.0 Å². The molecule has 6 heteroatoms. The van der Waals surface area contributed by atoms with Crippen molar-refractivity contribution < 1.29 is 4.74 Å². The van der Waals surface area contributed by atoms with E-state index in [1.54, 1.807) is 0 Å². The molecule has 0 radical (unpaired) electrons. The molecule has 0 bridgehead atoms. The molecule has 160 valence electrons. The molecule has 1 aromatic carbocycles. The van der Waals surface area contributed by atoms with E-state index >= 15 is 0 Å². The number of ether oxygens (including phenoxy) is 1. The van der Waals surface area contributed by atoms with Crippen molar-refractivity contribution in [1.29, 1.82) is 0 Å². The third-order valence-corrected chi connectivity index (χ3v) is 6.08. The van der Waals surface area contributed by atoms with Crippen LogP contribution in [0.15, 0.2) is 36.4 Å². The van der Waals surface area contributed by atoms with Crippen LogP contribution in [0.2, 0.25) is 0 Å². The van der Waals surface area contributed by atoms with Crippen LogP contribution in [0.1, 0.15) is 42.8 Å². The van der Waals surface area contributed by atoms with E-state index < -0.39 is 0 Å². The molecule has 0 unspecified atom stereocenters. The van der Waals surface area contributed by atoms with Gasteiger partial charge in [-0.15, -0.1) is 0 Å². The molecule has 5 rings (SSSR count). The molecule has 3 aromatic rings. The van der Waals surface area contributed by atoms with E-state index in [2.05, 4.69) is 35.3 Å². The fourth-order valence-corrected chi connectivity index (χ4v) is 4.32. The Morgan fingerprint density at radius 1 is 1.00 bits per heavy atom. The lowest BCUT2D eigenvalue weighted by atomic mass is 10.1. The summed E-state index contributed by atoms with van der Waals surface area (Å²) in [6, 6.07) is 12.9. The first-order valence-electron chi connectivity index (χ1n) is 11.3. The van der Waals surface area contributed by atoms with Gasteiger partial charge >= 0.3 is 0 Å². The highest BCUT2D eigenvalue weighted by Crippen LogP contribution is 2.24. The number of hydrogen-bond donors (Lipinski definition) is 1. The molecule has 4 heterocycles. The Morgan fingerprint density at radius 3 is 2.65 bits per heavy atom. The van der Waals surface area contributed by atoms with Gasteiger partial charge in [0.2, 0.25) is 0 Å². The third kappa shape index (κ3) is 4.69. The van der Waals surface area contributed by atoms with Crippen LogP contribution in [0.25, 0.3) is 23.1 Å². The molecule has 2 aliphatic heterocycles. The molecular formula is C25H29N5O. The van der Waals surface area contributed by atoms with E-state index in [0.29, 0.717) is 11.9 Å². The minimum Gasteiger partial charge on any atom is -0.381 e. The summed E-state index contributed by atoms with van der Waals surface area (Å²) >= 11 is 0. The zero-order valence-electron chi connectivity index (χ0n) is 18.1. The lowest BCUT2D eigenvalue weighted by Crippen LogP contribution is -2.28. The van der Waals surface area contributed by atoms with Crippen molar-refractivity contribution >= 4 is 34.7 Å². The zero-order valence-corrected chi connectivity index (χ0v) is 18.1. The Hall–Kier alpha value is -2.99. The van der Waals surface area contributed by atoms with E-state index in [1.807, 2.05) is 30.4 Å². The first kappa shape index (κ1) is 19.9. The van der Waals surface area contributed by atoms with Crippen molar-refractivity contribution in [1.82, 2.24) is 15.0 Å². The molecule has 2 saturated heterocycles. The Balaban J connectivity index is 1.44. The average Bonchev–Trinajstić information content (AvgIpc) is 3.33. The predicted molar refractivity (Wildman–Crippen MR) is 126 cm³/mol. The fourth-order valence-electron chi connectivity index (χ4n) is 4.32. The number of para-hydroxylation sites is 1. The van der Waals surface area contributed by atoms with Crippen LogP contribution in [0.5, 0.6) is 0 Å². The molecule has 2 aromatic heterocycles. The van der Waals surface area contributed by atoms with Gasteiger partial charge in [0.05, 0.1) is 11.2 Å². The fraction of sp³-hybridized carbons (Fsp3) is 0.400. The van der Waals surface area contributed by atoms with E-state index in [0.717, 1.165) is 72.9 Å². The molecule has 1 N–H and O–H groups in total. The minimum absolute atomic E-state index is 0.399. The van der Waals surface area contributed by atoms with Crippen LogP contribution in [0, 0.1) is 6.92 Å². The van der Waals surface area contributed by atoms with Gasteiger partial charge in [-0.1, -0.05) is 18.2 Å². The van der Waals surface area contributed by atoms with Crippen LogP contribution >= 0.6 is 0 Å². The molecular weight excluding hydrogens is 386 g/mol. The van der Waals surface area contributed by atoms with Gasteiger partial charge in [-0.3, -0.25) is 0 Å². The van der Waals surface area contributed by atoms with Crippen molar-refractivity contribution in [3.63, 3.8) is 0 Å². The van der Waals surface area contributed by atoms with Gasteiger partial charge < -0.3 is 15.0 Å². The number of fused-ring (bicyclic) bond motifs is 1. The Bertz CT molecular complexity index is 1080. The highest BCUT2D eigenvalue weighted by Gasteiger charge is 2.18. The maximum atomic E-state index is 5.50. The largest absolute Gasteiger partial charge is 0.381 e. The maximum Gasteiger partial charge on any atom is 0.156 e. The first-order valence-corrected chi connectivity index (χ1v) is 11.3. The summed E-state index contributed by atoms with van der Waals surface area (Å²) in [7, 11) is 0. The van der Waals surface area contributed by atoms with Crippen LogP contribution in [-0.2, 0) is 4.74 Å². The molecule has 6 nitrogen and oxygen atoms in total. The quantitative estimate of drug-likeness (QED) is 0.652. The van der Waals surface area contributed by atoms with Crippen LogP contribution in [-0.4, -0.2) is 47.3 Å². The Labute approximate surface area is 183 Å². The highest BCUT2D eigenvalue weighted by molar-refractivity contribution is 5.82. The van der Waals surface area contributed by atoms with Gasteiger partial charge in [0.25, 0.3) is 0 Å². The molecule has 0 aliphatic carbocycles. The van der Waals surface area contributed by atoms with Crippen molar-refractivity contribution in [2.45, 2.75) is 38.6 Å². The maximum absolute atomic E-state index is 5.50. The summed E-state index contributed by atoms with van der Waals surface area (Å²) in [6.07, 6.45) is 8.47. The Kier molecular flexibility index (Phi) is 5.80. The number of rotatable bonds is 5. The average molecular weight is 416 g/mol. The topological polar surface area (TPSA) is 63.2 Å². The van der Waals surface area contributed by atoms with Gasteiger partial charge in [-0.05, 0) is 62.5 Å². The van der Waals surface area contributed by atoms with Crippen molar-refractivity contribution in [2.75, 3.05) is 36.5 Å². The second-order valence-corrected chi connectivity index (χ2v) is 8.41. The summed E-state index contributed by atoms with van der Waals surface area (Å²) in [5.41, 5.74) is 3.10. The SMILES string of the molecule is Cc1cc2ccccc2nc1C=Cc1nc(NC2CCOCC2)cc(N2CCCC2)n1. The Morgan fingerprint density at radius 2 is 1.81 bits per heavy atom.